The Morgan fingerprint density at radius 2 is 1.91 bits per heavy atom. The third-order valence-electron chi connectivity index (χ3n) is 4.33. The van der Waals surface area contributed by atoms with E-state index in [1.165, 1.54) is 0 Å². The molecule has 0 spiro atoms. The number of benzene rings is 1. The standard InChI is InChI=1S/C18H19NO3S/c20-17(10-16-7-4-8-23-16)19-11-14(9-15(12-19)18(21)22)13-5-2-1-3-6-13/h1-8,14-15H,9-12H2,(H,21,22)/t14-,15-/m0/s1. The summed E-state index contributed by atoms with van der Waals surface area (Å²) in [4.78, 5) is 26.8. The minimum Gasteiger partial charge on any atom is -0.481 e. The van der Waals surface area contributed by atoms with Gasteiger partial charge in [-0.05, 0) is 23.4 Å². The predicted molar refractivity (Wildman–Crippen MR) is 89.5 cm³/mol. The summed E-state index contributed by atoms with van der Waals surface area (Å²) in [6, 6.07) is 13.7. The fourth-order valence-corrected chi connectivity index (χ4v) is 3.82. The molecule has 5 heteroatoms. The fraction of sp³-hybridized carbons (Fsp3) is 0.333. The Bertz CT molecular complexity index is 669. The molecule has 0 radical (unpaired) electrons. The average Bonchev–Trinajstić information content (AvgIpc) is 3.08. The first-order chi connectivity index (χ1) is 11.1. The molecule has 120 valence electrons. The van der Waals surface area contributed by atoms with Crippen molar-refractivity contribution in [2.45, 2.75) is 18.8 Å². The normalized spacial score (nSPS) is 21.1. The Hall–Kier alpha value is -2.14. The fourth-order valence-electron chi connectivity index (χ4n) is 3.12. The summed E-state index contributed by atoms with van der Waals surface area (Å²) in [5.74, 6) is -1.22. The first-order valence-corrected chi connectivity index (χ1v) is 8.59. The average molecular weight is 329 g/mol. The van der Waals surface area contributed by atoms with Crippen LogP contribution in [0.1, 0.15) is 22.8 Å². The lowest BCUT2D eigenvalue weighted by atomic mass is 9.84. The number of nitrogens with zero attached hydrogens (tertiary/aromatic N) is 1. The zero-order valence-electron chi connectivity index (χ0n) is 12.7. The minimum absolute atomic E-state index is 0.0133. The molecule has 1 amide bonds. The molecule has 0 aliphatic carbocycles. The molecule has 1 aromatic carbocycles. The second kappa shape index (κ2) is 6.96. The summed E-state index contributed by atoms with van der Waals surface area (Å²) in [6.45, 7) is 0.904. The van der Waals surface area contributed by atoms with Crippen molar-refractivity contribution >= 4 is 23.2 Å². The number of aliphatic carboxylic acids is 1. The van der Waals surface area contributed by atoms with E-state index in [-0.39, 0.29) is 11.8 Å². The van der Waals surface area contributed by atoms with Gasteiger partial charge in [-0.2, -0.15) is 0 Å². The first kappa shape index (κ1) is 15.7. The van der Waals surface area contributed by atoms with Crippen molar-refractivity contribution in [2.24, 2.45) is 5.92 Å². The van der Waals surface area contributed by atoms with Crippen LogP contribution in [0, 0.1) is 5.92 Å². The number of hydrogen-bond acceptors (Lipinski definition) is 3. The van der Waals surface area contributed by atoms with Gasteiger partial charge in [0.1, 0.15) is 0 Å². The van der Waals surface area contributed by atoms with Gasteiger partial charge in [-0.3, -0.25) is 9.59 Å². The molecule has 4 nitrogen and oxygen atoms in total. The molecule has 1 aliphatic heterocycles. The smallest absolute Gasteiger partial charge is 0.308 e. The molecule has 1 N–H and O–H groups in total. The van der Waals surface area contributed by atoms with Gasteiger partial charge in [0.2, 0.25) is 5.91 Å². The van der Waals surface area contributed by atoms with Crippen LogP contribution in [0.5, 0.6) is 0 Å². The monoisotopic (exact) mass is 329 g/mol. The van der Waals surface area contributed by atoms with E-state index in [0.717, 1.165) is 10.4 Å². The van der Waals surface area contributed by atoms with E-state index < -0.39 is 11.9 Å². The zero-order valence-corrected chi connectivity index (χ0v) is 13.5. The van der Waals surface area contributed by atoms with Gasteiger partial charge in [0.15, 0.2) is 0 Å². The number of carbonyl (C=O) groups excluding carboxylic acids is 1. The minimum atomic E-state index is -0.820. The summed E-state index contributed by atoms with van der Waals surface area (Å²) in [5.41, 5.74) is 1.10. The van der Waals surface area contributed by atoms with Crippen molar-refractivity contribution in [1.29, 1.82) is 0 Å². The van der Waals surface area contributed by atoms with Crippen LogP contribution in [0.4, 0.5) is 0 Å². The highest BCUT2D eigenvalue weighted by Gasteiger charge is 2.34. The lowest BCUT2D eigenvalue weighted by Gasteiger charge is -2.36. The second-order valence-corrected chi connectivity index (χ2v) is 6.97. The molecule has 1 aromatic heterocycles. The molecular weight excluding hydrogens is 310 g/mol. The lowest BCUT2D eigenvalue weighted by Crippen LogP contribution is -2.46. The molecule has 23 heavy (non-hydrogen) atoms. The summed E-state index contributed by atoms with van der Waals surface area (Å²) in [7, 11) is 0. The van der Waals surface area contributed by atoms with Crippen molar-refractivity contribution in [1.82, 2.24) is 4.90 Å². The van der Waals surface area contributed by atoms with Gasteiger partial charge in [-0.25, -0.2) is 0 Å². The van der Waals surface area contributed by atoms with Gasteiger partial charge >= 0.3 is 5.97 Å². The number of carboxylic acid groups (broad SMARTS) is 1. The van der Waals surface area contributed by atoms with Crippen LogP contribution in [0.2, 0.25) is 0 Å². The summed E-state index contributed by atoms with van der Waals surface area (Å²) in [6.07, 6.45) is 0.938. The quantitative estimate of drug-likeness (QED) is 0.938. The zero-order chi connectivity index (χ0) is 16.2. The van der Waals surface area contributed by atoms with Crippen LogP contribution in [-0.4, -0.2) is 35.0 Å². The number of carbonyl (C=O) groups is 2. The number of hydrogen-bond donors (Lipinski definition) is 1. The van der Waals surface area contributed by atoms with Crippen LogP contribution >= 0.6 is 11.3 Å². The Morgan fingerprint density at radius 3 is 2.57 bits per heavy atom. The van der Waals surface area contributed by atoms with Crippen molar-refractivity contribution < 1.29 is 14.7 Å². The maximum atomic E-state index is 12.6. The van der Waals surface area contributed by atoms with E-state index in [2.05, 4.69) is 0 Å². The van der Waals surface area contributed by atoms with Crippen molar-refractivity contribution in [3.63, 3.8) is 0 Å². The Morgan fingerprint density at radius 1 is 1.13 bits per heavy atom. The molecule has 1 saturated heterocycles. The number of thiophene rings is 1. The summed E-state index contributed by atoms with van der Waals surface area (Å²) < 4.78 is 0. The van der Waals surface area contributed by atoms with Crippen molar-refractivity contribution in [3.05, 3.63) is 58.3 Å². The summed E-state index contributed by atoms with van der Waals surface area (Å²) in [5, 5.41) is 11.4. The van der Waals surface area contributed by atoms with Crippen molar-refractivity contribution in [3.8, 4) is 0 Å². The third kappa shape index (κ3) is 3.79. The molecule has 3 rings (SSSR count). The molecular formula is C18H19NO3S. The Labute approximate surface area is 139 Å². The molecule has 2 aromatic rings. The predicted octanol–water partition coefficient (Wildman–Crippen LogP) is 3.01. The molecule has 1 fully saturated rings. The first-order valence-electron chi connectivity index (χ1n) is 7.71. The topological polar surface area (TPSA) is 57.6 Å². The molecule has 2 atom stereocenters. The third-order valence-corrected chi connectivity index (χ3v) is 5.21. The largest absolute Gasteiger partial charge is 0.481 e. The number of amides is 1. The van der Waals surface area contributed by atoms with Gasteiger partial charge in [0, 0.05) is 23.9 Å². The van der Waals surface area contributed by atoms with Crippen LogP contribution in [0.25, 0.3) is 0 Å². The second-order valence-electron chi connectivity index (χ2n) is 5.93. The van der Waals surface area contributed by atoms with E-state index in [9.17, 15) is 14.7 Å². The maximum absolute atomic E-state index is 12.6. The van der Waals surface area contributed by atoms with Crippen LogP contribution in [0.3, 0.4) is 0 Å². The number of rotatable bonds is 4. The SMILES string of the molecule is O=C(O)[C@H]1C[C@H](c2ccccc2)CN(C(=O)Cc2cccs2)C1. The highest BCUT2D eigenvalue weighted by atomic mass is 32.1. The number of piperidine rings is 1. The van der Waals surface area contributed by atoms with Gasteiger partial charge in [0.05, 0.1) is 12.3 Å². The van der Waals surface area contributed by atoms with Crippen LogP contribution in [-0.2, 0) is 16.0 Å². The van der Waals surface area contributed by atoms with E-state index in [4.69, 9.17) is 0 Å². The van der Waals surface area contributed by atoms with Crippen LogP contribution in [0.15, 0.2) is 47.8 Å². The van der Waals surface area contributed by atoms with Crippen molar-refractivity contribution in [2.75, 3.05) is 13.1 Å². The maximum Gasteiger partial charge on any atom is 0.308 e. The Kier molecular flexibility index (Phi) is 4.76. The van der Waals surface area contributed by atoms with Crippen LogP contribution < -0.4 is 0 Å². The van der Waals surface area contributed by atoms with E-state index in [1.807, 2.05) is 47.8 Å². The lowest BCUT2D eigenvalue weighted by molar-refractivity contribution is -0.146. The van der Waals surface area contributed by atoms with E-state index in [0.29, 0.717) is 25.9 Å². The molecule has 1 aliphatic rings. The Balaban J connectivity index is 1.76. The van der Waals surface area contributed by atoms with Gasteiger partial charge in [0.25, 0.3) is 0 Å². The van der Waals surface area contributed by atoms with E-state index >= 15 is 0 Å². The van der Waals surface area contributed by atoms with Gasteiger partial charge < -0.3 is 10.0 Å². The molecule has 2 heterocycles. The molecule has 0 bridgehead atoms. The molecule has 0 saturated carbocycles. The summed E-state index contributed by atoms with van der Waals surface area (Å²) >= 11 is 1.56. The number of carboxylic acids is 1. The van der Waals surface area contributed by atoms with E-state index in [1.54, 1.807) is 16.2 Å². The van der Waals surface area contributed by atoms with Gasteiger partial charge in [-0.15, -0.1) is 11.3 Å². The molecule has 0 unspecified atom stereocenters. The van der Waals surface area contributed by atoms with Gasteiger partial charge in [-0.1, -0.05) is 36.4 Å². The number of likely N-dealkylation sites (tertiary alicyclic amines) is 1. The highest BCUT2D eigenvalue weighted by Crippen LogP contribution is 2.31. The highest BCUT2D eigenvalue weighted by molar-refractivity contribution is 7.10.